The minimum atomic E-state index is -0.108. The summed E-state index contributed by atoms with van der Waals surface area (Å²) in [6, 6.07) is 17.0. The van der Waals surface area contributed by atoms with E-state index in [1.165, 1.54) is 11.8 Å². The second-order valence-electron chi connectivity index (χ2n) is 6.52. The van der Waals surface area contributed by atoms with E-state index in [0.717, 1.165) is 16.9 Å². The van der Waals surface area contributed by atoms with Crippen LogP contribution in [0.5, 0.6) is 0 Å². The Bertz CT molecular complexity index is 988. The maximum Gasteiger partial charge on any atom is 0.234 e. The first-order chi connectivity index (χ1) is 14.0. The Morgan fingerprint density at radius 3 is 2.45 bits per heavy atom. The molecule has 0 atom stereocenters. The zero-order valence-electron chi connectivity index (χ0n) is 16.4. The van der Waals surface area contributed by atoms with Gasteiger partial charge in [0.25, 0.3) is 0 Å². The second-order valence-corrected chi connectivity index (χ2v) is 7.47. The van der Waals surface area contributed by atoms with Crippen molar-refractivity contribution in [1.29, 1.82) is 0 Å². The highest BCUT2D eigenvalue weighted by Crippen LogP contribution is 2.18. The Balaban J connectivity index is 1.48. The number of benzene rings is 2. The molecule has 3 aromatic rings. The largest absolute Gasteiger partial charge is 0.326 e. The van der Waals surface area contributed by atoms with Gasteiger partial charge in [-0.05, 0) is 30.7 Å². The van der Waals surface area contributed by atoms with Crippen molar-refractivity contribution in [2.75, 3.05) is 16.4 Å². The monoisotopic (exact) mass is 409 g/mol. The molecule has 0 radical (unpaired) electrons. The molecule has 2 N–H and O–H groups in total. The molecule has 0 aliphatic heterocycles. The molecule has 1 aromatic heterocycles. The molecule has 0 saturated heterocycles. The molecular formula is C21H23N5O2S. The van der Waals surface area contributed by atoms with Crippen molar-refractivity contribution < 1.29 is 9.59 Å². The second kappa shape index (κ2) is 9.88. The van der Waals surface area contributed by atoms with E-state index >= 15 is 0 Å². The maximum atomic E-state index is 12.2. The van der Waals surface area contributed by atoms with Crippen LogP contribution in [0.1, 0.15) is 17.8 Å². The molecule has 7 nitrogen and oxygen atoms in total. The Kier molecular flexibility index (Phi) is 7.02. The van der Waals surface area contributed by atoms with Crippen LogP contribution in [-0.2, 0) is 23.1 Å². The lowest BCUT2D eigenvalue weighted by Crippen LogP contribution is -2.15. The number of hydrogen-bond donors (Lipinski definition) is 2. The van der Waals surface area contributed by atoms with Crippen molar-refractivity contribution in [1.82, 2.24) is 14.8 Å². The molecule has 0 aliphatic carbocycles. The van der Waals surface area contributed by atoms with Crippen molar-refractivity contribution in [3.63, 3.8) is 0 Å². The number of nitrogens with one attached hydrogen (secondary N) is 2. The fourth-order valence-corrected chi connectivity index (χ4v) is 3.42. The van der Waals surface area contributed by atoms with Crippen LogP contribution in [0.25, 0.3) is 0 Å². The quantitative estimate of drug-likeness (QED) is 0.557. The molecule has 0 fully saturated rings. The van der Waals surface area contributed by atoms with E-state index in [9.17, 15) is 9.59 Å². The molecule has 0 unspecified atom stereocenters. The van der Waals surface area contributed by atoms with Gasteiger partial charge in [0.15, 0.2) is 5.16 Å². The van der Waals surface area contributed by atoms with Gasteiger partial charge in [0.05, 0.1) is 5.75 Å². The zero-order valence-corrected chi connectivity index (χ0v) is 17.2. The number of para-hydroxylation sites is 2. The van der Waals surface area contributed by atoms with E-state index in [1.807, 2.05) is 73.1 Å². The molecule has 0 saturated carbocycles. The van der Waals surface area contributed by atoms with Gasteiger partial charge in [-0.3, -0.25) is 9.59 Å². The molecule has 0 spiro atoms. The fraction of sp³-hybridized carbons (Fsp3) is 0.238. The minimum absolute atomic E-state index is 0.0706. The average molecular weight is 410 g/mol. The number of hydrogen-bond acceptors (Lipinski definition) is 5. The van der Waals surface area contributed by atoms with Gasteiger partial charge in [0.1, 0.15) is 5.82 Å². The summed E-state index contributed by atoms with van der Waals surface area (Å²) in [7, 11) is 1.84. The summed E-state index contributed by atoms with van der Waals surface area (Å²) < 4.78 is 1.82. The van der Waals surface area contributed by atoms with E-state index in [2.05, 4.69) is 20.8 Å². The summed E-state index contributed by atoms with van der Waals surface area (Å²) in [6.07, 6.45) is 0.775. The van der Waals surface area contributed by atoms with Crippen molar-refractivity contribution >= 4 is 35.0 Å². The van der Waals surface area contributed by atoms with E-state index in [1.54, 1.807) is 0 Å². The van der Waals surface area contributed by atoms with Crippen molar-refractivity contribution in [2.45, 2.75) is 24.9 Å². The van der Waals surface area contributed by atoms with Crippen molar-refractivity contribution in [3.8, 4) is 0 Å². The number of thioether (sulfide) groups is 1. The summed E-state index contributed by atoms with van der Waals surface area (Å²) in [5.41, 5.74) is 2.60. The molecule has 1 heterocycles. The normalized spacial score (nSPS) is 10.6. The average Bonchev–Trinajstić information content (AvgIpc) is 3.07. The van der Waals surface area contributed by atoms with E-state index in [0.29, 0.717) is 23.8 Å². The third-order valence-electron chi connectivity index (χ3n) is 4.31. The number of amides is 2. The van der Waals surface area contributed by atoms with E-state index in [-0.39, 0.29) is 17.6 Å². The summed E-state index contributed by atoms with van der Waals surface area (Å²) in [5, 5.41) is 14.7. The van der Waals surface area contributed by atoms with Crippen LogP contribution >= 0.6 is 11.8 Å². The Labute approximate surface area is 173 Å². The standard InChI is InChI=1S/C21H23N5O2S/c1-15-8-6-7-11-17(15)23-19(27)13-12-18-24-25-21(26(18)2)29-14-20(28)22-16-9-4-3-5-10-16/h3-11H,12-14H2,1-2H3,(H,22,28)(H,23,27). The van der Waals surface area contributed by atoms with Crippen molar-refractivity contribution in [3.05, 3.63) is 66.0 Å². The number of aromatic nitrogens is 3. The van der Waals surface area contributed by atoms with E-state index in [4.69, 9.17) is 0 Å². The van der Waals surface area contributed by atoms with Crippen molar-refractivity contribution in [2.24, 2.45) is 7.05 Å². The van der Waals surface area contributed by atoms with Gasteiger partial charge in [0, 0.05) is 31.3 Å². The smallest absolute Gasteiger partial charge is 0.234 e. The molecule has 0 bridgehead atoms. The number of carbonyl (C=O) groups is 2. The lowest BCUT2D eigenvalue weighted by molar-refractivity contribution is -0.116. The molecule has 2 aromatic carbocycles. The van der Waals surface area contributed by atoms with Crippen LogP contribution in [0.2, 0.25) is 0 Å². The number of carbonyl (C=O) groups excluding carboxylic acids is 2. The number of aryl methyl sites for hydroxylation is 2. The summed E-state index contributed by atoms with van der Waals surface area (Å²) in [4.78, 5) is 24.3. The predicted octanol–water partition coefficient (Wildman–Crippen LogP) is 3.43. The van der Waals surface area contributed by atoms with Gasteiger partial charge in [-0.2, -0.15) is 0 Å². The molecule has 150 valence electrons. The van der Waals surface area contributed by atoms with Crippen LogP contribution in [0.4, 0.5) is 11.4 Å². The first-order valence-electron chi connectivity index (χ1n) is 9.24. The lowest BCUT2D eigenvalue weighted by Gasteiger charge is -2.08. The number of rotatable bonds is 8. The SMILES string of the molecule is Cc1ccccc1NC(=O)CCc1nnc(SCC(=O)Nc2ccccc2)n1C. The van der Waals surface area contributed by atoms with Gasteiger partial charge in [-0.25, -0.2) is 0 Å². The topological polar surface area (TPSA) is 88.9 Å². The fourth-order valence-electron chi connectivity index (χ4n) is 2.69. The molecule has 3 rings (SSSR count). The Hall–Kier alpha value is -3.13. The summed E-state index contributed by atoms with van der Waals surface area (Å²) in [5.74, 6) is 0.757. The Morgan fingerprint density at radius 2 is 1.69 bits per heavy atom. The lowest BCUT2D eigenvalue weighted by atomic mass is 10.2. The first kappa shape index (κ1) is 20.6. The minimum Gasteiger partial charge on any atom is -0.326 e. The van der Waals surface area contributed by atoms with E-state index < -0.39 is 0 Å². The molecule has 2 amide bonds. The third kappa shape index (κ3) is 5.92. The highest BCUT2D eigenvalue weighted by Gasteiger charge is 2.13. The zero-order chi connectivity index (χ0) is 20.6. The number of nitrogens with zero attached hydrogens (tertiary/aromatic N) is 3. The first-order valence-corrected chi connectivity index (χ1v) is 10.2. The van der Waals surface area contributed by atoms with Gasteiger partial charge < -0.3 is 15.2 Å². The highest BCUT2D eigenvalue weighted by atomic mass is 32.2. The van der Waals surface area contributed by atoms with Gasteiger partial charge in [-0.1, -0.05) is 48.2 Å². The van der Waals surface area contributed by atoms with Crippen LogP contribution in [0.15, 0.2) is 59.8 Å². The van der Waals surface area contributed by atoms with Crippen LogP contribution in [0, 0.1) is 6.92 Å². The molecule has 8 heteroatoms. The van der Waals surface area contributed by atoms with Crippen LogP contribution in [-0.4, -0.2) is 32.3 Å². The summed E-state index contributed by atoms with van der Waals surface area (Å²) >= 11 is 1.31. The maximum absolute atomic E-state index is 12.2. The summed E-state index contributed by atoms with van der Waals surface area (Å²) in [6.45, 7) is 1.95. The Morgan fingerprint density at radius 1 is 0.966 bits per heavy atom. The molecule has 29 heavy (non-hydrogen) atoms. The van der Waals surface area contributed by atoms with Gasteiger partial charge in [0.2, 0.25) is 11.8 Å². The van der Waals surface area contributed by atoms with Crippen LogP contribution < -0.4 is 10.6 Å². The van der Waals surface area contributed by atoms with Crippen LogP contribution in [0.3, 0.4) is 0 Å². The third-order valence-corrected chi connectivity index (χ3v) is 5.33. The molecule has 0 aliphatic rings. The van der Waals surface area contributed by atoms with Gasteiger partial charge in [-0.15, -0.1) is 10.2 Å². The molecular weight excluding hydrogens is 386 g/mol. The predicted molar refractivity (Wildman–Crippen MR) is 115 cm³/mol. The van der Waals surface area contributed by atoms with Gasteiger partial charge >= 0.3 is 0 Å². The highest BCUT2D eigenvalue weighted by molar-refractivity contribution is 7.99. The number of anilines is 2.